The number of nitrogens with zero attached hydrogens (tertiary/aromatic N) is 3. The second-order valence-electron chi connectivity index (χ2n) is 2.94. The Balaban J connectivity index is 3.72. The zero-order valence-corrected chi connectivity index (χ0v) is 8.89. The van der Waals surface area contributed by atoms with Crippen molar-refractivity contribution in [1.29, 1.82) is 5.26 Å². The minimum atomic E-state index is -3.26. The van der Waals surface area contributed by atoms with E-state index in [9.17, 15) is 23.7 Å². The van der Waals surface area contributed by atoms with Crippen molar-refractivity contribution in [3.05, 3.63) is 33.1 Å². The monoisotopic (exact) mass is 257 g/mol. The van der Waals surface area contributed by atoms with Gasteiger partial charge in [0, 0.05) is 0 Å². The van der Waals surface area contributed by atoms with Crippen LogP contribution in [0.3, 0.4) is 0 Å². The van der Waals surface area contributed by atoms with Crippen molar-refractivity contribution in [1.82, 2.24) is 4.98 Å². The Morgan fingerprint density at radius 3 is 2.67 bits per heavy atom. The summed E-state index contributed by atoms with van der Waals surface area (Å²) in [6.45, 7) is 0. The Hall–Kier alpha value is -2.63. The third kappa shape index (κ3) is 2.22. The molecule has 7 nitrogen and oxygen atoms in total. The smallest absolute Gasteiger partial charge is 0.345 e. The Bertz CT molecular complexity index is 553. The van der Waals surface area contributed by atoms with Crippen LogP contribution in [-0.2, 0) is 4.74 Å². The zero-order chi connectivity index (χ0) is 13.9. The number of esters is 1. The van der Waals surface area contributed by atoms with E-state index >= 15 is 0 Å². The first-order valence-corrected chi connectivity index (χ1v) is 4.37. The summed E-state index contributed by atoms with van der Waals surface area (Å²) < 4.78 is 29.8. The van der Waals surface area contributed by atoms with Crippen LogP contribution in [0.15, 0.2) is 6.20 Å². The molecule has 1 rings (SSSR count). The molecule has 0 unspecified atom stereocenters. The van der Waals surface area contributed by atoms with Gasteiger partial charge in [0.15, 0.2) is 11.3 Å². The predicted molar refractivity (Wildman–Crippen MR) is 51.9 cm³/mol. The van der Waals surface area contributed by atoms with Crippen LogP contribution in [0.4, 0.5) is 14.5 Å². The zero-order valence-electron chi connectivity index (χ0n) is 8.89. The molecular formula is C9H5F2N3O4. The summed E-state index contributed by atoms with van der Waals surface area (Å²) in [5, 5.41) is 19.3. The van der Waals surface area contributed by atoms with Gasteiger partial charge in [-0.25, -0.2) is 18.6 Å². The van der Waals surface area contributed by atoms with Gasteiger partial charge in [-0.3, -0.25) is 10.1 Å². The molecule has 0 aliphatic rings. The Morgan fingerprint density at radius 1 is 1.67 bits per heavy atom. The summed E-state index contributed by atoms with van der Waals surface area (Å²) in [6, 6.07) is 1.34. The molecule has 18 heavy (non-hydrogen) atoms. The van der Waals surface area contributed by atoms with Crippen LogP contribution < -0.4 is 0 Å². The quantitative estimate of drug-likeness (QED) is 0.462. The van der Waals surface area contributed by atoms with Crippen molar-refractivity contribution in [2.45, 2.75) is 6.43 Å². The molecule has 0 aromatic carbocycles. The molecule has 1 aromatic rings. The van der Waals surface area contributed by atoms with Crippen LogP contribution in [0.5, 0.6) is 0 Å². The maximum absolute atomic E-state index is 12.8. The number of alkyl halides is 2. The average molecular weight is 257 g/mol. The maximum Gasteiger partial charge on any atom is 0.345 e. The summed E-state index contributed by atoms with van der Waals surface area (Å²) in [5.41, 5.74) is -3.74. The molecule has 0 saturated heterocycles. The molecule has 0 amide bonds. The van der Waals surface area contributed by atoms with Gasteiger partial charge in [0.1, 0.15) is 12.3 Å². The number of carbonyl (C=O) groups is 1. The van der Waals surface area contributed by atoms with Gasteiger partial charge in [-0.15, -0.1) is 0 Å². The number of ether oxygens (including phenoxy) is 1. The first-order valence-electron chi connectivity index (χ1n) is 4.37. The fourth-order valence-corrected chi connectivity index (χ4v) is 1.27. The molecule has 1 heterocycles. The highest BCUT2D eigenvalue weighted by Gasteiger charge is 2.32. The normalized spacial score (nSPS) is 9.94. The van der Waals surface area contributed by atoms with Crippen molar-refractivity contribution < 1.29 is 23.2 Å². The van der Waals surface area contributed by atoms with Crippen LogP contribution >= 0.6 is 0 Å². The lowest BCUT2D eigenvalue weighted by molar-refractivity contribution is -0.385. The molecule has 0 radical (unpaired) electrons. The van der Waals surface area contributed by atoms with E-state index in [1.165, 1.54) is 6.07 Å². The lowest BCUT2D eigenvalue weighted by atomic mass is 10.1. The van der Waals surface area contributed by atoms with Crippen LogP contribution in [0.2, 0.25) is 0 Å². The van der Waals surface area contributed by atoms with Crippen molar-refractivity contribution in [3.63, 3.8) is 0 Å². The molecule has 9 heteroatoms. The van der Waals surface area contributed by atoms with Gasteiger partial charge < -0.3 is 4.74 Å². The molecule has 0 aliphatic carbocycles. The number of hydrogen-bond acceptors (Lipinski definition) is 6. The second-order valence-corrected chi connectivity index (χ2v) is 2.94. The first kappa shape index (κ1) is 13.4. The molecule has 0 fully saturated rings. The van der Waals surface area contributed by atoms with E-state index in [1.807, 2.05) is 0 Å². The number of methoxy groups -OCH3 is 1. The van der Waals surface area contributed by atoms with E-state index in [4.69, 9.17) is 5.26 Å². The Labute approximate surface area is 98.8 Å². The number of halogens is 2. The Morgan fingerprint density at radius 2 is 2.28 bits per heavy atom. The Kier molecular flexibility index (Phi) is 3.83. The maximum atomic E-state index is 12.8. The van der Waals surface area contributed by atoms with Crippen molar-refractivity contribution in [2.24, 2.45) is 0 Å². The molecule has 0 atom stereocenters. The second kappa shape index (κ2) is 5.13. The van der Waals surface area contributed by atoms with E-state index < -0.39 is 39.8 Å². The number of hydrogen-bond donors (Lipinski definition) is 0. The summed E-state index contributed by atoms with van der Waals surface area (Å²) in [7, 11) is 0.883. The van der Waals surface area contributed by atoms with Gasteiger partial charge in [0.25, 0.3) is 6.43 Å². The minimum Gasteiger partial charge on any atom is -0.465 e. The summed E-state index contributed by atoms with van der Waals surface area (Å²) in [4.78, 5) is 24.2. The van der Waals surface area contributed by atoms with Crippen molar-refractivity contribution in [2.75, 3.05) is 7.11 Å². The number of nitriles is 1. The number of pyridine rings is 1. The summed E-state index contributed by atoms with van der Waals surface area (Å²) >= 11 is 0. The van der Waals surface area contributed by atoms with E-state index in [-0.39, 0.29) is 0 Å². The van der Waals surface area contributed by atoms with Crippen LogP contribution in [0.25, 0.3) is 0 Å². The fourth-order valence-electron chi connectivity index (χ4n) is 1.27. The minimum absolute atomic E-state index is 0.566. The van der Waals surface area contributed by atoms with Gasteiger partial charge in [0.2, 0.25) is 0 Å². The SMILES string of the molecule is COC(=O)c1c([N+](=O)[O-])cnc(C#N)c1C(F)F. The van der Waals surface area contributed by atoms with Crippen LogP contribution in [0, 0.1) is 21.4 Å². The van der Waals surface area contributed by atoms with Gasteiger partial charge in [-0.1, -0.05) is 0 Å². The van der Waals surface area contributed by atoms with Crippen LogP contribution in [-0.4, -0.2) is 23.0 Å². The molecule has 0 spiro atoms. The largest absolute Gasteiger partial charge is 0.465 e. The van der Waals surface area contributed by atoms with Gasteiger partial charge in [-0.05, 0) is 0 Å². The topological polar surface area (TPSA) is 106 Å². The predicted octanol–water partition coefficient (Wildman–Crippen LogP) is 1.59. The highest BCUT2D eigenvalue weighted by Crippen LogP contribution is 2.31. The molecule has 0 bridgehead atoms. The van der Waals surface area contributed by atoms with E-state index in [0.29, 0.717) is 6.20 Å². The van der Waals surface area contributed by atoms with Gasteiger partial charge in [-0.2, -0.15) is 5.26 Å². The van der Waals surface area contributed by atoms with Gasteiger partial charge >= 0.3 is 11.7 Å². The molecule has 0 saturated carbocycles. The van der Waals surface area contributed by atoms with Crippen molar-refractivity contribution >= 4 is 11.7 Å². The highest BCUT2D eigenvalue weighted by molar-refractivity contribution is 5.96. The standard InChI is InChI=1S/C9H5F2N3O4/c1-18-9(15)7-5(14(16)17)3-13-4(2-12)6(7)8(10)11/h3,8H,1H3. The van der Waals surface area contributed by atoms with Gasteiger partial charge in [0.05, 0.1) is 17.6 Å². The molecule has 0 N–H and O–H groups in total. The summed E-state index contributed by atoms with van der Waals surface area (Å²) in [6.07, 6.45) is -2.70. The molecular weight excluding hydrogens is 252 g/mol. The van der Waals surface area contributed by atoms with E-state index in [2.05, 4.69) is 9.72 Å². The molecule has 94 valence electrons. The fraction of sp³-hybridized carbons (Fsp3) is 0.222. The lowest BCUT2D eigenvalue weighted by Crippen LogP contribution is -2.12. The number of carbonyl (C=O) groups excluding carboxylic acids is 1. The number of nitro groups is 1. The van der Waals surface area contributed by atoms with Crippen LogP contribution in [0.1, 0.15) is 28.0 Å². The van der Waals surface area contributed by atoms with E-state index in [0.717, 1.165) is 7.11 Å². The number of rotatable bonds is 3. The lowest BCUT2D eigenvalue weighted by Gasteiger charge is -2.08. The third-order valence-corrected chi connectivity index (χ3v) is 2.01. The highest BCUT2D eigenvalue weighted by atomic mass is 19.3. The van der Waals surface area contributed by atoms with Crippen molar-refractivity contribution in [3.8, 4) is 6.07 Å². The molecule has 1 aromatic heterocycles. The molecule has 0 aliphatic heterocycles. The van der Waals surface area contributed by atoms with E-state index in [1.54, 1.807) is 0 Å². The average Bonchev–Trinajstić information content (AvgIpc) is 2.35. The summed E-state index contributed by atoms with van der Waals surface area (Å²) in [5.74, 6) is -1.32. The third-order valence-electron chi connectivity index (χ3n) is 2.01. The first-order chi connectivity index (χ1) is 8.43. The number of aromatic nitrogens is 1.